The maximum atomic E-state index is 11.0. The van der Waals surface area contributed by atoms with Crippen LogP contribution in [0.25, 0.3) is 0 Å². The van der Waals surface area contributed by atoms with Gasteiger partial charge in [-0.2, -0.15) is 0 Å². The number of hydrogen-bond acceptors (Lipinski definition) is 5. The molecule has 0 bridgehead atoms. The number of aliphatic hydroxyl groups excluding tert-OH is 1. The predicted molar refractivity (Wildman–Crippen MR) is 64.4 cm³/mol. The molecule has 0 aromatic heterocycles. The fourth-order valence-corrected chi connectivity index (χ4v) is 3.79. The molecule has 0 heterocycles. The summed E-state index contributed by atoms with van der Waals surface area (Å²) in [4.78, 5) is 21.9. The minimum absolute atomic E-state index is 0.165. The van der Waals surface area contributed by atoms with Gasteiger partial charge in [-0.1, -0.05) is 6.92 Å². The second-order valence-corrected chi connectivity index (χ2v) is 7.60. The molecule has 0 aromatic carbocycles. The third-order valence-electron chi connectivity index (χ3n) is 2.07. The summed E-state index contributed by atoms with van der Waals surface area (Å²) < 4.78 is 10.2. The predicted octanol–water partition coefficient (Wildman–Crippen LogP) is 1.85. The van der Waals surface area contributed by atoms with Gasteiger partial charge >= 0.3 is 8.56 Å². The van der Waals surface area contributed by atoms with Crippen molar-refractivity contribution in [1.29, 1.82) is 0 Å². The van der Waals surface area contributed by atoms with E-state index in [1.807, 2.05) is 0 Å². The van der Waals surface area contributed by atoms with E-state index in [2.05, 4.69) is 12.2 Å². The molecule has 0 fully saturated rings. The van der Waals surface area contributed by atoms with E-state index in [4.69, 9.17) is 14.0 Å². The largest absolute Gasteiger partial charge is 0.502 e. The molecule has 0 aromatic rings. The lowest BCUT2D eigenvalue weighted by atomic mass is 10.3. The summed E-state index contributed by atoms with van der Waals surface area (Å²) in [5.41, 5.74) is -0.294. The number of rotatable bonds is 5. The van der Waals surface area contributed by atoms with E-state index in [-0.39, 0.29) is 17.0 Å². The summed E-state index contributed by atoms with van der Waals surface area (Å²) in [6.07, 6.45) is 0.165. The number of aliphatic hydroxyl groups is 1. The molecule has 16 heavy (non-hydrogen) atoms. The quantitative estimate of drug-likeness (QED) is 0.603. The zero-order valence-electron chi connectivity index (χ0n) is 9.77. The molecule has 0 radical (unpaired) electrons. The molecule has 1 N–H and O–H groups in total. The van der Waals surface area contributed by atoms with E-state index < -0.39 is 20.5 Å². The maximum Gasteiger partial charge on any atom is 0.464 e. The second-order valence-electron chi connectivity index (χ2n) is 3.70. The molecule has 7 heteroatoms. The molecule has 0 saturated carbocycles. The van der Waals surface area contributed by atoms with Crippen LogP contribution in [0.15, 0.2) is 0 Å². The van der Waals surface area contributed by atoms with Crippen LogP contribution in [0.1, 0.15) is 27.2 Å². The van der Waals surface area contributed by atoms with Crippen LogP contribution in [0.5, 0.6) is 0 Å². The van der Waals surface area contributed by atoms with Gasteiger partial charge in [0.15, 0.2) is 5.05 Å². The van der Waals surface area contributed by atoms with E-state index in [0.717, 1.165) is 0 Å². The molecule has 5 nitrogen and oxygen atoms in total. The van der Waals surface area contributed by atoms with Crippen LogP contribution >= 0.6 is 12.2 Å². The van der Waals surface area contributed by atoms with Crippen LogP contribution in [0, 0.1) is 0 Å². The summed E-state index contributed by atoms with van der Waals surface area (Å²) >= 11 is 4.56. The van der Waals surface area contributed by atoms with Crippen molar-refractivity contribution in [3.05, 3.63) is 0 Å². The molecule has 0 aliphatic heterocycles. The van der Waals surface area contributed by atoms with Gasteiger partial charge in [-0.3, -0.25) is 9.59 Å². The van der Waals surface area contributed by atoms with Crippen molar-refractivity contribution >= 4 is 37.8 Å². The average molecular weight is 264 g/mol. The molecule has 0 rings (SSSR count). The fraction of sp³-hybridized carbons (Fsp3) is 0.667. The highest BCUT2D eigenvalue weighted by Gasteiger charge is 2.44. The van der Waals surface area contributed by atoms with Crippen molar-refractivity contribution in [3.8, 4) is 0 Å². The van der Waals surface area contributed by atoms with E-state index >= 15 is 0 Å². The molecular weight excluding hydrogens is 248 g/mol. The minimum Gasteiger partial charge on any atom is -0.502 e. The van der Waals surface area contributed by atoms with Gasteiger partial charge < -0.3 is 14.0 Å². The summed E-state index contributed by atoms with van der Waals surface area (Å²) in [7, 11) is -2.99. The Morgan fingerprint density at radius 2 is 1.69 bits per heavy atom. The van der Waals surface area contributed by atoms with Crippen molar-refractivity contribution < 1.29 is 23.5 Å². The molecule has 92 valence electrons. The SMILES string of the molecule is CC(=O)O[Si](C)(OC(C)=O)C(C)CC(O)=S. The van der Waals surface area contributed by atoms with Gasteiger partial charge in [0.05, 0.1) is 0 Å². The molecule has 1 unspecified atom stereocenters. The number of carbonyl (C=O) groups excluding carboxylic acids is 2. The average Bonchev–Trinajstić information content (AvgIpc) is 1.98. The molecule has 0 saturated heterocycles. The van der Waals surface area contributed by atoms with Gasteiger partial charge in [0.25, 0.3) is 11.9 Å². The fourth-order valence-electron chi connectivity index (χ4n) is 1.24. The zero-order chi connectivity index (χ0) is 12.9. The summed E-state index contributed by atoms with van der Waals surface area (Å²) in [5, 5.41) is 8.84. The van der Waals surface area contributed by atoms with Crippen LogP contribution < -0.4 is 0 Å². The van der Waals surface area contributed by atoms with Crippen molar-refractivity contribution in [2.75, 3.05) is 0 Å². The highest BCUT2D eigenvalue weighted by Crippen LogP contribution is 2.28. The lowest BCUT2D eigenvalue weighted by Crippen LogP contribution is -2.46. The Labute approximate surface area is 101 Å². The van der Waals surface area contributed by atoms with Gasteiger partial charge in [-0.25, -0.2) is 0 Å². The summed E-state index contributed by atoms with van der Waals surface area (Å²) in [6.45, 7) is 5.82. The van der Waals surface area contributed by atoms with Gasteiger partial charge in [0, 0.05) is 32.4 Å². The third kappa shape index (κ3) is 5.22. The van der Waals surface area contributed by atoms with Gasteiger partial charge in [-0.15, -0.1) is 0 Å². The smallest absolute Gasteiger partial charge is 0.464 e. The van der Waals surface area contributed by atoms with Crippen LogP contribution in [-0.2, 0) is 18.4 Å². The van der Waals surface area contributed by atoms with E-state index in [0.29, 0.717) is 0 Å². The van der Waals surface area contributed by atoms with Crippen molar-refractivity contribution in [3.63, 3.8) is 0 Å². The van der Waals surface area contributed by atoms with Crippen molar-refractivity contribution in [1.82, 2.24) is 0 Å². The highest BCUT2D eigenvalue weighted by atomic mass is 32.1. The number of thiocarbonyl (C=S) groups is 1. The van der Waals surface area contributed by atoms with Crippen molar-refractivity contribution in [2.24, 2.45) is 0 Å². The Hall–Kier alpha value is -0.953. The van der Waals surface area contributed by atoms with Crippen LogP contribution in [0.3, 0.4) is 0 Å². The topological polar surface area (TPSA) is 72.8 Å². The lowest BCUT2D eigenvalue weighted by Gasteiger charge is -2.29. The molecule has 0 aliphatic rings. The van der Waals surface area contributed by atoms with Crippen LogP contribution in [0.4, 0.5) is 0 Å². The Morgan fingerprint density at radius 1 is 1.31 bits per heavy atom. The number of carbonyl (C=O) groups is 2. The van der Waals surface area contributed by atoms with Crippen LogP contribution in [0.2, 0.25) is 12.1 Å². The highest BCUT2D eigenvalue weighted by molar-refractivity contribution is 7.80. The molecule has 1 atom stereocenters. The Morgan fingerprint density at radius 3 is 1.94 bits per heavy atom. The van der Waals surface area contributed by atoms with E-state index in [1.54, 1.807) is 13.5 Å². The first-order chi connectivity index (χ1) is 7.17. The number of hydrogen-bond donors (Lipinski definition) is 1. The standard InChI is InChI=1S/C9H16O5SSi/c1-6(5-9(12)15)16(4,13-7(2)10)14-8(3)11/h6H,5H2,1-4H3,(H,12,15). The second kappa shape index (κ2) is 5.95. The zero-order valence-corrected chi connectivity index (χ0v) is 11.6. The summed E-state index contributed by atoms with van der Waals surface area (Å²) in [6, 6.07) is 0. The monoisotopic (exact) mass is 264 g/mol. The lowest BCUT2D eigenvalue weighted by molar-refractivity contribution is -0.139. The first kappa shape index (κ1) is 15.0. The van der Waals surface area contributed by atoms with Gasteiger partial charge in [0.1, 0.15) is 0 Å². The van der Waals surface area contributed by atoms with Crippen LogP contribution in [-0.4, -0.2) is 30.7 Å². The molecule has 0 amide bonds. The van der Waals surface area contributed by atoms with Gasteiger partial charge in [-0.05, 0) is 12.2 Å². The Balaban J connectivity index is 4.82. The Kier molecular flexibility index (Phi) is 5.60. The first-order valence-corrected chi connectivity index (χ1v) is 7.58. The van der Waals surface area contributed by atoms with E-state index in [9.17, 15) is 9.59 Å². The normalized spacial score (nSPS) is 12.8. The molecule has 0 aliphatic carbocycles. The molecule has 0 spiro atoms. The Bertz CT molecular complexity index is 288. The van der Waals surface area contributed by atoms with E-state index in [1.165, 1.54) is 13.8 Å². The third-order valence-corrected chi connectivity index (χ3v) is 5.62. The first-order valence-electron chi connectivity index (χ1n) is 4.78. The van der Waals surface area contributed by atoms with Crippen molar-refractivity contribution in [2.45, 2.75) is 39.3 Å². The summed E-state index contributed by atoms with van der Waals surface area (Å²) in [5.74, 6) is -1.02. The van der Waals surface area contributed by atoms with Gasteiger partial charge in [0.2, 0.25) is 0 Å². The molecular formula is C9H16O5SSi. The minimum atomic E-state index is -2.99. The maximum absolute atomic E-state index is 11.0.